The number of hydrogen-bond donors (Lipinski definition) is 2. The molecule has 0 radical (unpaired) electrons. The predicted molar refractivity (Wildman–Crippen MR) is 69.7 cm³/mol. The summed E-state index contributed by atoms with van der Waals surface area (Å²) in [4.78, 5) is 24.1. The molecule has 0 unspecified atom stereocenters. The quantitative estimate of drug-likeness (QED) is 0.619. The Hall–Kier alpha value is -1.79. The third-order valence-corrected chi connectivity index (χ3v) is 2.97. The van der Waals surface area contributed by atoms with Gasteiger partial charge in [0.05, 0.1) is 18.6 Å². The summed E-state index contributed by atoms with van der Waals surface area (Å²) >= 11 is 11.4. The Morgan fingerprint density at radius 3 is 2.89 bits per heavy atom. The minimum atomic E-state index is -0.301. The molecule has 0 aromatic carbocycles. The molecule has 3 rings (SSSR count). The molecule has 0 atom stereocenters. The molecule has 2 aromatic heterocycles. The fourth-order valence-electron chi connectivity index (χ4n) is 1.79. The van der Waals surface area contributed by atoms with E-state index in [1.54, 1.807) is 23.2 Å². The molecule has 0 aliphatic carbocycles. The van der Waals surface area contributed by atoms with Crippen molar-refractivity contribution in [3.63, 3.8) is 0 Å². The normalized spacial score (nSPS) is 13.3. The Balaban J connectivity index is 2.10. The van der Waals surface area contributed by atoms with Crippen molar-refractivity contribution in [1.29, 1.82) is 0 Å². The van der Waals surface area contributed by atoms with Crippen molar-refractivity contribution in [2.75, 3.05) is 16.9 Å². The third-order valence-electron chi connectivity index (χ3n) is 2.56. The monoisotopic (exact) mass is 283 g/mol. The Morgan fingerprint density at radius 2 is 2.17 bits per heavy atom. The standard InChI is InChI=1S/C10H7Cl2N5O/c11-6-2-1-5(3-13-6)17-4-14-8-7(17)9(18)16-10(12)15-8/h1-3H,4H2,(H2,14,15,16,18). The lowest BCUT2D eigenvalue weighted by Crippen LogP contribution is -2.22. The molecule has 0 fully saturated rings. The van der Waals surface area contributed by atoms with Crippen LogP contribution in [0.4, 0.5) is 17.2 Å². The van der Waals surface area contributed by atoms with Crippen molar-refractivity contribution in [1.82, 2.24) is 15.0 Å². The molecule has 0 saturated heterocycles. The molecule has 0 spiro atoms. The maximum absolute atomic E-state index is 11.9. The van der Waals surface area contributed by atoms with Crippen LogP contribution in [0.1, 0.15) is 0 Å². The molecule has 0 saturated carbocycles. The van der Waals surface area contributed by atoms with Crippen LogP contribution >= 0.6 is 23.2 Å². The number of rotatable bonds is 1. The number of halogens is 2. The van der Waals surface area contributed by atoms with Crippen LogP contribution in [0, 0.1) is 0 Å². The van der Waals surface area contributed by atoms with Gasteiger partial charge in [-0.2, -0.15) is 4.98 Å². The lowest BCUT2D eigenvalue weighted by Gasteiger charge is -2.16. The molecular weight excluding hydrogens is 277 g/mol. The summed E-state index contributed by atoms with van der Waals surface area (Å²) in [6.45, 7) is 0.426. The van der Waals surface area contributed by atoms with Gasteiger partial charge in [0.15, 0.2) is 11.5 Å². The van der Waals surface area contributed by atoms with Gasteiger partial charge in [-0.1, -0.05) is 11.6 Å². The number of fused-ring (bicyclic) bond motifs is 1. The number of aromatic amines is 1. The molecule has 1 aliphatic heterocycles. The molecule has 92 valence electrons. The van der Waals surface area contributed by atoms with Crippen LogP contribution in [-0.2, 0) is 0 Å². The summed E-state index contributed by atoms with van der Waals surface area (Å²) in [5.41, 5.74) is 0.869. The van der Waals surface area contributed by atoms with Gasteiger partial charge in [-0.25, -0.2) is 4.98 Å². The first-order valence-corrected chi connectivity index (χ1v) is 5.83. The average Bonchev–Trinajstić information content (AvgIpc) is 2.74. The topological polar surface area (TPSA) is 73.9 Å². The molecule has 2 N–H and O–H groups in total. The van der Waals surface area contributed by atoms with Gasteiger partial charge < -0.3 is 10.2 Å². The van der Waals surface area contributed by atoms with Crippen LogP contribution in [0.25, 0.3) is 0 Å². The third kappa shape index (κ3) is 1.79. The van der Waals surface area contributed by atoms with Crippen molar-refractivity contribution in [2.45, 2.75) is 0 Å². The van der Waals surface area contributed by atoms with E-state index < -0.39 is 0 Å². The second kappa shape index (κ2) is 4.15. The lowest BCUT2D eigenvalue weighted by atomic mass is 10.3. The number of pyridine rings is 1. The van der Waals surface area contributed by atoms with Gasteiger partial charge in [-0.3, -0.25) is 9.78 Å². The Labute approximate surface area is 112 Å². The van der Waals surface area contributed by atoms with E-state index in [2.05, 4.69) is 20.3 Å². The maximum atomic E-state index is 11.9. The summed E-state index contributed by atoms with van der Waals surface area (Å²) in [5, 5.41) is 3.45. The first kappa shape index (κ1) is 11.3. The second-order valence-corrected chi connectivity index (χ2v) is 4.40. The molecule has 6 nitrogen and oxygen atoms in total. The first-order chi connectivity index (χ1) is 8.65. The van der Waals surface area contributed by atoms with Crippen LogP contribution in [0.5, 0.6) is 0 Å². The zero-order chi connectivity index (χ0) is 12.7. The van der Waals surface area contributed by atoms with Crippen LogP contribution in [0.2, 0.25) is 10.4 Å². The van der Waals surface area contributed by atoms with Gasteiger partial charge in [0.1, 0.15) is 5.15 Å². The predicted octanol–water partition coefficient (Wildman–Crippen LogP) is 1.99. The van der Waals surface area contributed by atoms with Crippen molar-refractivity contribution in [2.24, 2.45) is 0 Å². The highest BCUT2D eigenvalue weighted by molar-refractivity contribution is 6.29. The molecule has 2 aromatic rings. The van der Waals surface area contributed by atoms with E-state index in [9.17, 15) is 4.79 Å². The van der Waals surface area contributed by atoms with E-state index in [4.69, 9.17) is 23.2 Å². The second-order valence-electron chi connectivity index (χ2n) is 3.66. The van der Waals surface area contributed by atoms with Gasteiger partial charge in [0, 0.05) is 0 Å². The highest BCUT2D eigenvalue weighted by Gasteiger charge is 2.25. The summed E-state index contributed by atoms with van der Waals surface area (Å²) in [5.74, 6) is 0.457. The van der Waals surface area contributed by atoms with Crippen LogP contribution in [0.3, 0.4) is 0 Å². The molecule has 1 aliphatic rings. The summed E-state index contributed by atoms with van der Waals surface area (Å²) in [6, 6.07) is 3.44. The van der Waals surface area contributed by atoms with Gasteiger partial charge in [-0.15, -0.1) is 0 Å². The number of nitrogens with zero attached hydrogens (tertiary/aromatic N) is 3. The van der Waals surface area contributed by atoms with Crippen molar-refractivity contribution >= 4 is 40.4 Å². The molecule has 3 heterocycles. The van der Waals surface area contributed by atoms with E-state index in [0.717, 1.165) is 5.69 Å². The summed E-state index contributed by atoms with van der Waals surface area (Å²) in [7, 11) is 0. The van der Waals surface area contributed by atoms with Crippen LogP contribution < -0.4 is 15.8 Å². The van der Waals surface area contributed by atoms with E-state index in [1.807, 2.05) is 0 Å². The van der Waals surface area contributed by atoms with Gasteiger partial charge in [-0.05, 0) is 23.7 Å². The maximum Gasteiger partial charge on any atom is 0.278 e. The smallest absolute Gasteiger partial charge is 0.278 e. The van der Waals surface area contributed by atoms with E-state index in [0.29, 0.717) is 23.3 Å². The zero-order valence-electron chi connectivity index (χ0n) is 8.94. The summed E-state index contributed by atoms with van der Waals surface area (Å²) in [6.07, 6.45) is 1.59. The highest BCUT2D eigenvalue weighted by atomic mass is 35.5. The Bertz CT molecular complexity index is 654. The molecule has 0 bridgehead atoms. The number of H-pyrrole nitrogens is 1. The van der Waals surface area contributed by atoms with Crippen molar-refractivity contribution in [3.8, 4) is 0 Å². The lowest BCUT2D eigenvalue weighted by molar-refractivity contribution is 1.06. The van der Waals surface area contributed by atoms with E-state index >= 15 is 0 Å². The van der Waals surface area contributed by atoms with E-state index in [-0.39, 0.29) is 10.8 Å². The summed E-state index contributed by atoms with van der Waals surface area (Å²) < 4.78 is 0. The number of anilines is 3. The Morgan fingerprint density at radius 1 is 1.33 bits per heavy atom. The van der Waals surface area contributed by atoms with Gasteiger partial charge >= 0.3 is 0 Å². The van der Waals surface area contributed by atoms with Crippen molar-refractivity contribution < 1.29 is 0 Å². The van der Waals surface area contributed by atoms with Gasteiger partial charge in [0.25, 0.3) is 5.56 Å². The Kier molecular flexibility index (Phi) is 2.61. The minimum Gasteiger partial charge on any atom is -0.350 e. The van der Waals surface area contributed by atoms with E-state index in [1.165, 1.54) is 0 Å². The molecule has 18 heavy (non-hydrogen) atoms. The van der Waals surface area contributed by atoms with Crippen molar-refractivity contribution in [3.05, 3.63) is 39.1 Å². The molecule has 8 heteroatoms. The largest absolute Gasteiger partial charge is 0.350 e. The first-order valence-electron chi connectivity index (χ1n) is 5.08. The fourth-order valence-corrected chi connectivity index (χ4v) is 2.08. The van der Waals surface area contributed by atoms with Crippen LogP contribution in [-0.4, -0.2) is 21.6 Å². The number of aromatic nitrogens is 3. The number of nitrogens with one attached hydrogen (secondary N) is 2. The fraction of sp³-hybridized carbons (Fsp3) is 0.100. The highest BCUT2D eigenvalue weighted by Crippen LogP contribution is 2.32. The number of hydrogen-bond acceptors (Lipinski definition) is 5. The SMILES string of the molecule is O=c1[nH]c(Cl)nc2c1N(c1ccc(Cl)nc1)CN2. The molecular formula is C10H7Cl2N5O. The average molecular weight is 284 g/mol. The zero-order valence-corrected chi connectivity index (χ0v) is 10.5. The molecule has 0 amide bonds. The minimum absolute atomic E-state index is 0.0577. The van der Waals surface area contributed by atoms with Crippen LogP contribution in [0.15, 0.2) is 23.1 Å². The van der Waals surface area contributed by atoms with Gasteiger partial charge in [0.2, 0.25) is 5.28 Å².